The summed E-state index contributed by atoms with van der Waals surface area (Å²) in [6, 6.07) is 8.22. The topological polar surface area (TPSA) is 80.3 Å². The van der Waals surface area contributed by atoms with Gasteiger partial charge in [0.25, 0.3) is 0 Å². The number of aromatic amines is 1. The van der Waals surface area contributed by atoms with Crippen LogP contribution in [0.1, 0.15) is 37.4 Å². The van der Waals surface area contributed by atoms with Gasteiger partial charge < -0.3 is 14.5 Å². The van der Waals surface area contributed by atoms with E-state index < -0.39 is 24.0 Å². The first kappa shape index (κ1) is 20.5. The van der Waals surface area contributed by atoms with E-state index in [0.29, 0.717) is 42.5 Å². The maximum absolute atomic E-state index is 13.5. The maximum atomic E-state index is 13.5. The Bertz CT molecular complexity index is 1170. The van der Waals surface area contributed by atoms with E-state index in [1.165, 1.54) is 35.2 Å². The third-order valence-electron chi connectivity index (χ3n) is 5.94. The SMILES string of the molecule is O=C1O[C@]2(CC[C@@H](c3nc4ccc(OC(F)(F)F)cc4[nH]3)CC2)CN1c1cccc(F)n1. The van der Waals surface area contributed by atoms with E-state index in [1.54, 1.807) is 6.07 Å². The van der Waals surface area contributed by atoms with Crippen LogP contribution in [-0.4, -0.2) is 39.6 Å². The molecule has 1 amide bonds. The minimum Gasteiger partial charge on any atom is -0.441 e. The van der Waals surface area contributed by atoms with Crippen molar-refractivity contribution < 1.29 is 31.8 Å². The Balaban J connectivity index is 1.28. The average molecular weight is 450 g/mol. The molecule has 0 radical (unpaired) electrons. The second-order valence-corrected chi connectivity index (χ2v) is 8.08. The number of amides is 1. The van der Waals surface area contributed by atoms with Crippen LogP contribution in [0.15, 0.2) is 36.4 Å². The molecule has 0 bridgehead atoms. The van der Waals surface area contributed by atoms with E-state index in [-0.39, 0.29) is 24.0 Å². The Morgan fingerprint density at radius 3 is 2.66 bits per heavy atom. The summed E-state index contributed by atoms with van der Waals surface area (Å²) in [6.45, 7) is 0.285. The molecule has 0 atom stereocenters. The molecule has 1 aliphatic carbocycles. The molecule has 0 unspecified atom stereocenters. The zero-order valence-electron chi connectivity index (χ0n) is 16.7. The molecule has 168 valence electrons. The van der Waals surface area contributed by atoms with E-state index in [4.69, 9.17) is 4.74 Å². The number of alkyl halides is 3. The second kappa shape index (κ2) is 7.35. The number of imidazole rings is 1. The lowest BCUT2D eigenvalue weighted by atomic mass is 9.78. The van der Waals surface area contributed by atoms with Gasteiger partial charge in [-0.05, 0) is 49.9 Å². The third kappa shape index (κ3) is 3.94. The molecule has 1 saturated carbocycles. The van der Waals surface area contributed by atoms with E-state index in [9.17, 15) is 22.4 Å². The van der Waals surface area contributed by atoms with Gasteiger partial charge in [-0.15, -0.1) is 13.2 Å². The van der Waals surface area contributed by atoms with Crippen molar-refractivity contribution in [1.82, 2.24) is 15.0 Å². The zero-order chi connectivity index (χ0) is 22.5. The first-order valence-electron chi connectivity index (χ1n) is 10.1. The summed E-state index contributed by atoms with van der Waals surface area (Å²) in [5.41, 5.74) is 0.324. The fraction of sp³-hybridized carbons (Fsp3) is 0.381. The molecule has 32 heavy (non-hydrogen) atoms. The van der Waals surface area contributed by atoms with E-state index in [0.717, 1.165) is 0 Å². The predicted octanol–water partition coefficient (Wildman–Crippen LogP) is 5.05. The number of nitrogens with one attached hydrogen (secondary N) is 1. The summed E-state index contributed by atoms with van der Waals surface area (Å²) in [6.07, 6.45) is -2.82. The van der Waals surface area contributed by atoms with Crippen molar-refractivity contribution in [3.8, 4) is 5.75 Å². The number of benzene rings is 1. The quantitative estimate of drug-likeness (QED) is 0.446. The van der Waals surface area contributed by atoms with E-state index in [2.05, 4.69) is 19.7 Å². The molecule has 11 heteroatoms. The van der Waals surface area contributed by atoms with Crippen LogP contribution in [-0.2, 0) is 4.74 Å². The number of rotatable bonds is 3. The molecule has 5 rings (SSSR count). The highest BCUT2D eigenvalue weighted by atomic mass is 19.4. The molecule has 2 fully saturated rings. The largest absolute Gasteiger partial charge is 0.573 e. The van der Waals surface area contributed by atoms with Crippen LogP contribution < -0.4 is 9.64 Å². The summed E-state index contributed by atoms with van der Waals surface area (Å²) >= 11 is 0. The number of carbonyl (C=O) groups is 1. The van der Waals surface area contributed by atoms with Gasteiger partial charge in [0, 0.05) is 12.0 Å². The summed E-state index contributed by atoms with van der Waals surface area (Å²) < 4.78 is 60.5. The van der Waals surface area contributed by atoms with Gasteiger partial charge in [0.1, 0.15) is 23.0 Å². The number of anilines is 1. The number of hydrogen-bond acceptors (Lipinski definition) is 5. The second-order valence-electron chi connectivity index (χ2n) is 8.08. The standard InChI is InChI=1S/C21H18F4N4O3/c22-16-2-1-3-17(28-16)29-11-20(32-19(29)30)8-6-12(7-9-20)18-26-14-5-4-13(10-15(14)27-18)31-21(23,24)25/h1-5,10,12H,6-9,11H2,(H,26,27)/t12-,20+. The van der Waals surface area contributed by atoms with Crippen molar-refractivity contribution in [3.63, 3.8) is 0 Å². The average Bonchev–Trinajstić information content (AvgIpc) is 3.28. The van der Waals surface area contributed by atoms with Gasteiger partial charge in [0.15, 0.2) is 0 Å². The lowest BCUT2D eigenvalue weighted by molar-refractivity contribution is -0.274. The Hall–Kier alpha value is -3.37. The molecule has 7 nitrogen and oxygen atoms in total. The number of halogens is 4. The first-order chi connectivity index (χ1) is 15.2. The van der Waals surface area contributed by atoms with Crippen LogP contribution in [0.2, 0.25) is 0 Å². The number of fused-ring (bicyclic) bond motifs is 1. The van der Waals surface area contributed by atoms with E-state index in [1.807, 2.05) is 0 Å². The number of H-pyrrole nitrogens is 1. The maximum Gasteiger partial charge on any atom is 0.573 e. The summed E-state index contributed by atoms with van der Waals surface area (Å²) in [5, 5.41) is 0. The van der Waals surface area contributed by atoms with Crippen LogP contribution in [0, 0.1) is 5.95 Å². The Labute approximate surface area is 179 Å². The highest BCUT2D eigenvalue weighted by Gasteiger charge is 2.48. The van der Waals surface area contributed by atoms with Gasteiger partial charge in [-0.3, -0.25) is 4.90 Å². The number of ether oxygens (including phenoxy) is 2. The van der Waals surface area contributed by atoms with E-state index >= 15 is 0 Å². The smallest absolute Gasteiger partial charge is 0.441 e. The van der Waals surface area contributed by atoms with Crippen molar-refractivity contribution in [2.75, 3.05) is 11.4 Å². The van der Waals surface area contributed by atoms with Crippen molar-refractivity contribution in [3.05, 3.63) is 48.2 Å². The molecule has 1 saturated heterocycles. The lowest BCUT2D eigenvalue weighted by Gasteiger charge is -2.34. The van der Waals surface area contributed by atoms with Crippen molar-refractivity contribution >= 4 is 22.9 Å². The predicted molar refractivity (Wildman–Crippen MR) is 105 cm³/mol. The summed E-state index contributed by atoms with van der Waals surface area (Å²) in [5.74, 6) is -0.0597. The molecule has 3 aromatic rings. The fourth-order valence-electron chi connectivity index (χ4n) is 4.42. The molecule has 1 aliphatic heterocycles. The molecular weight excluding hydrogens is 432 g/mol. The van der Waals surface area contributed by atoms with Crippen LogP contribution >= 0.6 is 0 Å². The zero-order valence-corrected chi connectivity index (χ0v) is 16.7. The first-order valence-corrected chi connectivity index (χ1v) is 10.1. The Morgan fingerprint density at radius 2 is 1.94 bits per heavy atom. The molecule has 1 spiro atoms. The van der Waals surface area contributed by atoms with Crippen LogP contribution in [0.3, 0.4) is 0 Å². The number of carbonyl (C=O) groups excluding carboxylic acids is 1. The van der Waals surface area contributed by atoms with Gasteiger partial charge >= 0.3 is 12.5 Å². The minimum atomic E-state index is -4.76. The van der Waals surface area contributed by atoms with Gasteiger partial charge in [-0.2, -0.15) is 4.39 Å². The minimum absolute atomic E-state index is 0.0417. The Kier molecular flexibility index (Phi) is 4.72. The number of hydrogen-bond donors (Lipinski definition) is 1. The molecule has 1 aromatic carbocycles. The monoisotopic (exact) mass is 450 g/mol. The van der Waals surface area contributed by atoms with Gasteiger partial charge in [-0.25, -0.2) is 14.8 Å². The van der Waals surface area contributed by atoms with Crippen LogP contribution in [0.25, 0.3) is 11.0 Å². The lowest BCUT2D eigenvalue weighted by Crippen LogP contribution is -2.38. The van der Waals surface area contributed by atoms with Crippen molar-refractivity contribution in [2.24, 2.45) is 0 Å². The van der Waals surface area contributed by atoms with Gasteiger partial charge in [0.2, 0.25) is 5.95 Å². The molecule has 3 heterocycles. The Morgan fingerprint density at radius 1 is 1.16 bits per heavy atom. The summed E-state index contributed by atoms with van der Waals surface area (Å²) in [4.78, 5) is 25.1. The van der Waals surface area contributed by atoms with Gasteiger partial charge in [-0.1, -0.05) is 6.07 Å². The molecular formula is C21H18F4N4O3. The number of nitrogens with zero attached hydrogens (tertiary/aromatic N) is 3. The number of pyridine rings is 1. The highest BCUT2D eigenvalue weighted by molar-refractivity contribution is 5.89. The van der Waals surface area contributed by atoms with Crippen LogP contribution in [0.5, 0.6) is 5.75 Å². The van der Waals surface area contributed by atoms with Crippen LogP contribution in [0.4, 0.5) is 28.2 Å². The fourth-order valence-corrected chi connectivity index (χ4v) is 4.42. The van der Waals surface area contributed by atoms with Crippen molar-refractivity contribution in [1.29, 1.82) is 0 Å². The molecule has 2 aliphatic rings. The molecule has 2 aromatic heterocycles. The van der Waals surface area contributed by atoms with Gasteiger partial charge in [0.05, 0.1) is 17.6 Å². The summed E-state index contributed by atoms with van der Waals surface area (Å²) in [7, 11) is 0. The third-order valence-corrected chi connectivity index (χ3v) is 5.94. The number of aromatic nitrogens is 3. The normalized spacial score (nSPS) is 23.7. The molecule has 1 N–H and O–H groups in total. The van der Waals surface area contributed by atoms with Crippen molar-refractivity contribution in [2.45, 2.75) is 43.6 Å². The highest BCUT2D eigenvalue weighted by Crippen LogP contribution is 2.43.